The van der Waals surface area contributed by atoms with Gasteiger partial charge < -0.3 is 4.90 Å². The van der Waals surface area contributed by atoms with Crippen LogP contribution in [0.4, 0.5) is 0 Å². The van der Waals surface area contributed by atoms with Gasteiger partial charge in [-0.1, -0.05) is 38.2 Å². The molecule has 0 aromatic carbocycles. The summed E-state index contributed by atoms with van der Waals surface area (Å²) in [6.45, 7) is 7.13. The van der Waals surface area contributed by atoms with Crippen molar-refractivity contribution < 1.29 is 0 Å². The van der Waals surface area contributed by atoms with Gasteiger partial charge in [-0.3, -0.25) is 0 Å². The fourth-order valence-electron chi connectivity index (χ4n) is 3.79. The lowest BCUT2D eigenvalue weighted by atomic mass is 9.83. The molecule has 1 aliphatic heterocycles. The Bertz CT molecular complexity index is 270. The Kier molecular flexibility index (Phi) is 6.86. The maximum absolute atomic E-state index is 2.79. The van der Waals surface area contributed by atoms with Crippen LogP contribution in [0.3, 0.4) is 0 Å². The standard InChI is InChI=1S/C19H33N/c1-3-5-7-17-9-11-19(12-10-17)20-15-13-18(14-16-20)8-6-4-2/h5-8,17-19H,3-4,9-16H2,1-2H3/b7-5+,8-6+. The quantitative estimate of drug-likeness (QED) is 0.624. The molecule has 2 aliphatic rings. The first-order valence-electron chi connectivity index (χ1n) is 8.90. The Hall–Kier alpha value is -0.560. The molecule has 1 saturated heterocycles. The van der Waals surface area contributed by atoms with Crippen LogP contribution in [0, 0.1) is 11.8 Å². The van der Waals surface area contributed by atoms with E-state index in [0.717, 1.165) is 17.9 Å². The molecule has 20 heavy (non-hydrogen) atoms. The Morgan fingerprint density at radius 3 is 1.75 bits per heavy atom. The maximum Gasteiger partial charge on any atom is 0.00956 e. The third-order valence-corrected chi connectivity index (χ3v) is 5.12. The van der Waals surface area contributed by atoms with E-state index in [4.69, 9.17) is 0 Å². The molecule has 0 atom stereocenters. The molecule has 0 aromatic rings. The highest BCUT2D eigenvalue weighted by molar-refractivity contribution is 4.95. The Morgan fingerprint density at radius 1 is 0.750 bits per heavy atom. The largest absolute Gasteiger partial charge is 0.300 e. The van der Waals surface area contributed by atoms with E-state index >= 15 is 0 Å². The van der Waals surface area contributed by atoms with E-state index in [0.29, 0.717) is 0 Å². The van der Waals surface area contributed by atoms with Crippen LogP contribution in [-0.4, -0.2) is 24.0 Å². The van der Waals surface area contributed by atoms with Gasteiger partial charge in [-0.25, -0.2) is 0 Å². The van der Waals surface area contributed by atoms with Gasteiger partial charge in [0.25, 0.3) is 0 Å². The molecular formula is C19H33N. The molecule has 0 N–H and O–H groups in total. The normalized spacial score (nSPS) is 30.5. The minimum atomic E-state index is 0.857. The zero-order valence-corrected chi connectivity index (χ0v) is 13.6. The van der Waals surface area contributed by atoms with Gasteiger partial charge in [-0.15, -0.1) is 0 Å². The Balaban J connectivity index is 1.70. The van der Waals surface area contributed by atoms with Gasteiger partial charge >= 0.3 is 0 Å². The number of likely N-dealkylation sites (tertiary alicyclic amines) is 1. The van der Waals surface area contributed by atoms with E-state index in [1.807, 2.05) is 0 Å². The highest BCUT2D eigenvalue weighted by atomic mass is 15.2. The fraction of sp³-hybridized carbons (Fsp3) is 0.789. The first-order valence-corrected chi connectivity index (χ1v) is 8.90. The highest BCUT2D eigenvalue weighted by Gasteiger charge is 2.27. The van der Waals surface area contributed by atoms with Crippen LogP contribution >= 0.6 is 0 Å². The number of piperidine rings is 1. The molecule has 0 amide bonds. The zero-order valence-electron chi connectivity index (χ0n) is 13.6. The van der Waals surface area contributed by atoms with Gasteiger partial charge in [-0.05, 0) is 76.3 Å². The number of allylic oxidation sites excluding steroid dienone is 4. The predicted octanol–water partition coefficient (Wildman–Crippen LogP) is 5.19. The number of hydrogen-bond donors (Lipinski definition) is 0. The third-order valence-electron chi connectivity index (χ3n) is 5.12. The lowest BCUT2D eigenvalue weighted by Crippen LogP contribution is -2.42. The summed E-state index contributed by atoms with van der Waals surface area (Å²) in [4.78, 5) is 2.79. The summed E-state index contributed by atoms with van der Waals surface area (Å²) in [5.41, 5.74) is 0. The lowest BCUT2D eigenvalue weighted by molar-refractivity contribution is 0.109. The highest BCUT2D eigenvalue weighted by Crippen LogP contribution is 2.31. The molecule has 0 aromatic heterocycles. The summed E-state index contributed by atoms with van der Waals surface area (Å²) in [6, 6.07) is 0.886. The Morgan fingerprint density at radius 2 is 1.25 bits per heavy atom. The molecular weight excluding hydrogens is 242 g/mol. The van der Waals surface area contributed by atoms with E-state index in [2.05, 4.69) is 43.1 Å². The van der Waals surface area contributed by atoms with E-state index in [9.17, 15) is 0 Å². The lowest BCUT2D eigenvalue weighted by Gasteiger charge is -2.40. The average molecular weight is 275 g/mol. The molecule has 1 heterocycles. The van der Waals surface area contributed by atoms with Crippen molar-refractivity contribution in [3.8, 4) is 0 Å². The Labute approximate surface area is 126 Å². The molecule has 2 rings (SSSR count). The molecule has 1 nitrogen and oxygen atoms in total. The molecule has 1 heteroatoms. The van der Waals surface area contributed by atoms with Gasteiger partial charge in [0.1, 0.15) is 0 Å². The van der Waals surface area contributed by atoms with Crippen molar-refractivity contribution in [3.05, 3.63) is 24.3 Å². The summed E-state index contributed by atoms with van der Waals surface area (Å²) in [5.74, 6) is 1.73. The van der Waals surface area contributed by atoms with Gasteiger partial charge in [-0.2, -0.15) is 0 Å². The van der Waals surface area contributed by atoms with Crippen LogP contribution in [-0.2, 0) is 0 Å². The van der Waals surface area contributed by atoms with Gasteiger partial charge in [0.15, 0.2) is 0 Å². The SMILES string of the molecule is CC/C=C/C1CCC(N2CCC(/C=C/CC)CC2)CC1. The van der Waals surface area contributed by atoms with Crippen LogP contribution in [0.5, 0.6) is 0 Å². The van der Waals surface area contributed by atoms with Crippen LogP contribution in [0.2, 0.25) is 0 Å². The van der Waals surface area contributed by atoms with Crippen LogP contribution in [0.25, 0.3) is 0 Å². The number of hydrogen-bond acceptors (Lipinski definition) is 1. The molecule has 0 radical (unpaired) electrons. The van der Waals surface area contributed by atoms with Crippen LogP contribution in [0.1, 0.15) is 65.2 Å². The maximum atomic E-state index is 2.79. The van der Waals surface area contributed by atoms with Crippen molar-refractivity contribution in [2.45, 2.75) is 71.3 Å². The van der Waals surface area contributed by atoms with E-state index in [1.165, 1.54) is 64.5 Å². The third kappa shape index (κ3) is 4.77. The number of rotatable bonds is 5. The van der Waals surface area contributed by atoms with Gasteiger partial charge in [0.2, 0.25) is 0 Å². The summed E-state index contributed by atoms with van der Waals surface area (Å²) in [6.07, 6.45) is 20.5. The first kappa shape index (κ1) is 15.8. The summed E-state index contributed by atoms with van der Waals surface area (Å²) in [5, 5.41) is 0. The minimum absolute atomic E-state index is 0.857. The first-order chi connectivity index (χ1) is 9.83. The topological polar surface area (TPSA) is 3.24 Å². The van der Waals surface area contributed by atoms with Crippen molar-refractivity contribution in [2.24, 2.45) is 11.8 Å². The van der Waals surface area contributed by atoms with E-state index < -0.39 is 0 Å². The van der Waals surface area contributed by atoms with Crippen molar-refractivity contribution in [1.29, 1.82) is 0 Å². The van der Waals surface area contributed by atoms with Crippen molar-refractivity contribution >= 4 is 0 Å². The second-order valence-electron chi connectivity index (χ2n) is 6.61. The second-order valence-corrected chi connectivity index (χ2v) is 6.61. The summed E-state index contributed by atoms with van der Waals surface area (Å²) in [7, 11) is 0. The molecule has 1 aliphatic carbocycles. The summed E-state index contributed by atoms with van der Waals surface area (Å²) >= 11 is 0. The molecule has 2 fully saturated rings. The predicted molar refractivity (Wildman–Crippen MR) is 88.9 cm³/mol. The molecule has 0 bridgehead atoms. The fourth-order valence-corrected chi connectivity index (χ4v) is 3.79. The minimum Gasteiger partial charge on any atom is -0.300 e. The van der Waals surface area contributed by atoms with Crippen LogP contribution < -0.4 is 0 Å². The van der Waals surface area contributed by atoms with E-state index in [1.54, 1.807) is 0 Å². The van der Waals surface area contributed by atoms with Gasteiger partial charge in [0.05, 0.1) is 0 Å². The molecule has 0 unspecified atom stereocenters. The molecule has 0 spiro atoms. The van der Waals surface area contributed by atoms with Crippen molar-refractivity contribution in [3.63, 3.8) is 0 Å². The molecule has 114 valence electrons. The average Bonchev–Trinajstić information content (AvgIpc) is 2.52. The van der Waals surface area contributed by atoms with Crippen molar-refractivity contribution in [2.75, 3.05) is 13.1 Å². The number of nitrogens with zero attached hydrogens (tertiary/aromatic N) is 1. The molecule has 1 saturated carbocycles. The second kappa shape index (κ2) is 8.67. The zero-order chi connectivity index (χ0) is 14.2. The van der Waals surface area contributed by atoms with E-state index in [-0.39, 0.29) is 0 Å². The van der Waals surface area contributed by atoms with Crippen molar-refractivity contribution in [1.82, 2.24) is 4.90 Å². The smallest absolute Gasteiger partial charge is 0.00956 e. The summed E-state index contributed by atoms with van der Waals surface area (Å²) < 4.78 is 0. The van der Waals surface area contributed by atoms with Crippen LogP contribution in [0.15, 0.2) is 24.3 Å². The van der Waals surface area contributed by atoms with Gasteiger partial charge in [0, 0.05) is 6.04 Å². The monoisotopic (exact) mass is 275 g/mol.